The quantitative estimate of drug-likeness (QED) is 0.552. The van der Waals surface area contributed by atoms with Gasteiger partial charge in [0.2, 0.25) is 5.89 Å². The van der Waals surface area contributed by atoms with Crippen LogP contribution in [0.2, 0.25) is 5.02 Å². The first-order valence-corrected chi connectivity index (χ1v) is 10.7. The zero-order chi connectivity index (χ0) is 18.9. The number of hydrogen-bond donors (Lipinski definition) is 1. The van der Waals surface area contributed by atoms with Crippen molar-refractivity contribution in [2.45, 2.75) is 25.3 Å². The number of rotatable bonds is 4. The zero-order valence-corrected chi connectivity index (χ0v) is 16.8. The molecular weight excluding hydrogens is 392 g/mol. The van der Waals surface area contributed by atoms with E-state index in [-0.39, 0.29) is 0 Å². The third-order valence-electron chi connectivity index (χ3n) is 5.31. The van der Waals surface area contributed by atoms with Gasteiger partial charge in [0.1, 0.15) is 0 Å². The summed E-state index contributed by atoms with van der Waals surface area (Å²) in [5, 5.41) is 10.4. The van der Waals surface area contributed by atoms with Gasteiger partial charge in [-0.2, -0.15) is 0 Å². The van der Waals surface area contributed by atoms with Crippen LogP contribution in [0.15, 0.2) is 52.9 Å². The molecule has 0 spiro atoms. The Morgan fingerprint density at radius 2 is 1.82 bits per heavy atom. The standard InChI is InChI=1S/C21H19ClN4OS/c22-16-7-5-14(6-8-16)20-25-24-19(27-20)13-26-11-9-15(10-12-26)21-23-17-3-1-2-4-18(17)28-21/h1-8,15H,9-13H2/p+1. The molecule has 1 aliphatic heterocycles. The van der Waals surface area contributed by atoms with E-state index in [1.165, 1.54) is 14.6 Å². The third-order valence-corrected chi connectivity index (χ3v) is 6.76. The van der Waals surface area contributed by atoms with Gasteiger partial charge in [-0.15, -0.1) is 21.5 Å². The summed E-state index contributed by atoms with van der Waals surface area (Å²) in [5.41, 5.74) is 2.02. The number of benzene rings is 2. The van der Waals surface area contributed by atoms with E-state index in [1.54, 1.807) is 0 Å². The Labute approximate surface area is 172 Å². The number of nitrogens with zero attached hydrogens (tertiary/aromatic N) is 3. The molecule has 0 radical (unpaired) electrons. The number of nitrogens with one attached hydrogen (secondary N) is 1. The van der Waals surface area contributed by atoms with Crippen molar-refractivity contribution in [3.05, 3.63) is 64.5 Å². The van der Waals surface area contributed by atoms with Crippen LogP contribution in [0.4, 0.5) is 0 Å². The SMILES string of the molecule is Clc1ccc(-c2nnc(C[NH+]3CCC(c4nc5ccccc5s4)CC3)o2)cc1. The fourth-order valence-corrected chi connectivity index (χ4v) is 5.02. The minimum atomic E-state index is 0.551. The van der Waals surface area contributed by atoms with Crippen LogP contribution in [0.25, 0.3) is 21.7 Å². The molecule has 2 aromatic carbocycles. The smallest absolute Gasteiger partial charge is 0.271 e. The summed E-state index contributed by atoms with van der Waals surface area (Å²) in [6.07, 6.45) is 2.29. The fourth-order valence-electron chi connectivity index (χ4n) is 3.76. The summed E-state index contributed by atoms with van der Waals surface area (Å²) in [6.45, 7) is 2.96. The summed E-state index contributed by atoms with van der Waals surface area (Å²) in [5.74, 6) is 1.81. The Morgan fingerprint density at radius 3 is 2.61 bits per heavy atom. The number of fused-ring (bicyclic) bond motifs is 1. The molecule has 1 fully saturated rings. The largest absolute Gasteiger partial charge is 0.415 e. The molecule has 5 rings (SSSR count). The fraction of sp³-hybridized carbons (Fsp3) is 0.286. The van der Waals surface area contributed by atoms with E-state index < -0.39 is 0 Å². The van der Waals surface area contributed by atoms with Crippen LogP contribution in [-0.4, -0.2) is 28.3 Å². The number of quaternary nitrogens is 1. The molecule has 0 atom stereocenters. The Hall–Kier alpha value is -2.28. The Balaban J connectivity index is 1.21. The molecule has 1 N–H and O–H groups in total. The first kappa shape index (κ1) is 17.8. The highest BCUT2D eigenvalue weighted by atomic mass is 35.5. The van der Waals surface area contributed by atoms with E-state index in [0.717, 1.165) is 43.6 Å². The Bertz CT molecular complexity index is 1050. The van der Waals surface area contributed by atoms with E-state index in [1.807, 2.05) is 35.6 Å². The molecule has 28 heavy (non-hydrogen) atoms. The number of hydrogen-bond acceptors (Lipinski definition) is 5. The molecule has 142 valence electrons. The average molecular weight is 412 g/mol. The second kappa shape index (κ2) is 7.62. The van der Waals surface area contributed by atoms with Crippen molar-refractivity contribution < 1.29 is 9.32 Å². The highest BCUT2D eigenvalue weighted by Crippen LogP contribution is 2.31. The molecule has 0 bridgehead atoms. The van der Waals surface area contributed by atoms with Crippen molar-refractivity contribution in [2.75, 3.05) is 13.1 Å². The molecule has 1 aliphatic rings. The van der Waals surface area contributed by atoms with Crippen molar-refractivity contribution >= 4 is 33.2 Å². The van der Waals surface area contributed by atoms with Gasteiger partial charge in [-0.05, 0) is 36.4 Å². The van der Waals surface area contributed by atoms with Gasteiger partial charge in [0.25, 0.3) is 5.89 Å². The van der Waals surface area contributed by atoms with Gasteiger partial charge in [-0.1, -0.05) is 23.7 Å². The highest BCUT2D eigenvalue weighted by molar-refractivity contribution is 7.18. The van der Waals surface area contributed by atoms with Crippen molar-refractivity contribution in [2.24, 2.45) is 0 Å². The summed E-state index contributed by atoms with van der Waals surface area (Å²) in [6, 6.07) is 15.9. The molecule has 7 heteroatoms. The lowest BCUT2D eigenvalue weighted by Gasteiger charge is -2.27. The first-order valence-electron chi connectivity index (χ1n) is 9.52. The molecule has 1 saturated heterocycles. The summed E-state index contributed by atoms with van der Waals surface area (Å²) >= 11 is 7.78. The number of para-hydroxylation sites is 1. The lowest BCUT2D eigenvalue weighted by Crippen LogP contribution is -3.11. The van der Waals surface area contributed by atoms with Gasteiger partial charge < -0.3 is 9.32 Å². The predicted molar refractivity (Wildman–Crippen MR) is 111 cm³/mol. The van der Waals surface area contributed by atoms with Crippen molar-refractivity contribution in [1.29, 1.82) is 0 Å². The zero-order valence-electron chi connectivity index (χ0n) is 15.3. The molecular formula is C21H20ClN4OS+. The van der Waals surface area contributed by atoms with Gasteiger partial charge in [0.15, 0.2) is 6.54 Å². The molecule has 0 unspecified atom stereocenters. The van der Waals surface area contributed by atoms with Crippen LogP contribution in [0.5, 0.6) is 0 Å². The molecule has 5 nitrogen and oxygen atoms in total. The number of halogens is 1. The normalized spacial score (nSPS) is 19.9. The maximum atomic E-state index is 5.94. The topological polar surface area (TPSA) is 56.2 Å². The average Bonchev–Trinajstić information content (AvgIpc) is 3.36. The van der Waals surface area contributed by atoms with E-state index in [4.69, 9.17) is 21.0 Å². The van der Waals surface area contributed by atoms with Crippen LogP contribution in [0, 0.1) is 0 Å². The van der Waals surface area contributed by atoms with Crippen LogP contribution in [-0.2, 0) is 6.54 Å². The maximum absolute atomic E-state index is 5.94. The summed E-state index contributed by atoms with van der Waals surface area (Å²) in [7, 11) is 0. The Morgan fingerprint density at radius 1 is 1.04 bits per heavy atom. The number of thiazole rings is 1. The number of aromatic nitrogens is 3. The van der Waals surface area contributed by atoms with Crippen LogP contribution in [0.1, 0.15) is 29.7 Å². The maximum Gasteiger partial charge on any atom is 0.271 e. The van der Waals surface area contributed by atoms with E-state index in [9.17, 15) is 0 Å². The van der Waals surface area contributed by atoms with E-state index in [0.29, 0.717) is 22.7 Å². The lowest BCUT2D eigenvalue weighted by atomic mass is 9.97. The van der Waals surface area contributed by atoms with Crippen LogP contribution >= 0.6 is 22.9 Å². The second-order valence-electron chi connectivity index (χ2n) is 7.23. The summed E-state index contributed by atoms with van der Waals surface area (Å²) < 4.78 is 7.15. The van der Waals surface area contributed by atoms with E-state index >= 15 is 0 Å². The predicted octanol–water partition coefficient (Wildman–Crippen LogP) is 3.96. The van der Waals surface area contributed by atoms with Crippen LogP contribution < -0.4 is 4.90 Å². The Kier molecular flexibility index (Phi) is 4.84. The number of likely N-dealkylation sites (tertiary alicyclic amines) is 1. The minimum absolute atomic E-state index is 0.551. The van der Waals surface area contributed by atoms with Crippen LogP contribution in [0.3, 0.4) is 0 Å². The minimum Gasteiger partial charge on any atom is -0.415 e. The third kappa shape index (κ3) is 3.68. The molecule has 4 aromatic rings. The number of piperidine rings is 1. The van der Waals surface area contributed by atoms with Crippen molar-refractivity contribution in [3.8, 4) is 11.5 Å². The van der Waals surface area contributed by atoms with Gasteiger partial charge in [0, 0.05) is 29.3 Å². The first-order chi connectivity index (χ1) is 13.7. The van der Waals surface area contributed by atoms with Gasteiger partial charge in [-0.25, -0.2) is 4.98 Å². The van der Waals surface area contributed by atoms with E-state index in [2.05, 4.69) is 34.5 Å². The van der Waals surface area contributed by atoms with Gasteiger partial charge >= 0.3 is 0 Å². The molecule has 0 amide bonds. The van der Waals surface area contributed by atoms with Crippen molar-refractivity contribution in [3.63, 3.8) is 0 Å². The molecule has 2 aromatic heterocycles. The summed E-state index contributed by atoms with van der Waals surface area (Å²) in [4.78, 5) is 6.34. The highest BCUT2D eigenvalue weighted by Gasteiger charge is 2.27. The lowest BCUT2D eigenvalue weighted by molar-refractivity contribution is -0.920. The van der Waals surface area contributed by atoms with Gasteiger partial charge in [0.05, 0.1) is 28.3 Å². The monoisotopic (exact) mass is 411 g/mol. The molecule has 3 heterocycles. The van der Waals surface area contributed by atoms with Crippen molar-refractivity contribution in [1.82, 2.24) is 15.2 Å². The second-order valence-corrected chi connectivity index (χ2v) is 8.73. The molecule has 0 saturated carbocycles. The van der Waals surface area contributed by atoms with Gasteiger partial charge in [-0.3, -0.25) is 0 Å². The molecule has 0 aliphatic carbocycles.